The molecule has 3 fully saturated rings. The Morgan fingerprint density at radius 2 is 2.04 bits per heavy atom. The lowest BCUT2D eigenvalue weighted by Crippen LogP contribution is -2.59. The first-order chi connectivity index (χ1) is 11.6. The second-order valence-corrected chi connectivity index (χ2v) is 7.57. The fourth-order valence-electron chi connectivity index (χ4n) is 3.74. The van der Waals surface area contributed by atoms with Crippen molar-refractivity contribution in [2.45, 2.75) is 44.8 Å². The van der Waals surface area contributed by atoms with Gasteiger partial charge in [0.1, 0.15) is 0 Å². The average Bonchev–Trinajstić information content (AvgIpc) is 3.23. The highest BCUT2D eigenvalue weighted by Crippen LogP contribution is 2.27. The number of carbonyl (C=O) groups excluding carboxylic acids is 2. The Morgan fingerprint density at radius 1 is 1.25 bits per heavy atom. The van der Waals surface area contributed by atoms with Gasteiger partial charge in [-0.15, -0.1) is 0 Å². The van der Waals surface area contributed by atoms with E-state index in [1.165, 1.54) is 11.1 Å². The van der Waals surface area contributed by atoms with Crippen LogP contribution in [0.4, 0.5) is 0 Å². The van der Waals surface area contributed by atoms with Gasteiger partial charge in [0, 0.05) is 38.6 Å². The molecule has 2 aliphatic heterocycles. The number of aryl methyl sites for hydroxylation is 1. The Bertz CT molecular complexity index is 650. The maximum Gasteiger partial charge on any atom is 0.225 e. The van der Waals surface area contributed by atoms with Crippen LogP contribution in [0, 0.1) is 12.8 Å². The number of likely N-dealkylation sites (tertiary alicyclic amines) is 2. The molecule has 1 unspecified atom stereocenters. The third-order valence-electron chi connectivity index (χ3n) is 5.32. The van der Waals surface area contributed by atoms with Crippen molar-refractivity contribution in [2.75, 3.05) is 19.6 Å². The maximum atomic E-state index is 12.3. The first-order valence-electron chi connectivity index (χ1n) is 8.96. The minimum absolute atomic E-state index is 0.0734. The van der Waals surface area contributed by atoms with Crippen LogP contribution in [0.2, 0.25) is 0 Å². The van der Waals surface area contributed by atoms with Gasteiger partial charge in [-0.2, -0.15) is 0 Å². The summed E-state index contributed by atoms with van der Waals surface area (Å²) in [6.45, 7) is 5.47. The monoisotopic (exact) mass is 327 g/mol. The molecule has 0 bridgehead atoms. The molecule has 1 aliphatic carbocycles. The molecule has 5 nitrogen and oxygen atoms in total. The summed E-state index contributed by atoms with van der Waals surface area (Å²) in [6, 6.07) is 9.22. The molecule has 1 aromatic rings. The van der Waals surface area contributed by atoms with Gasteiger partial charge in [0.05, 0.1) is 12.0 Å². The van der Waals surface area contributed by atoms with Gasteiger partial charge in [-0.25, -0.2) is 0 Å². The van der Waals surface area contributed by atoms with Gasteiger partial charge in [0.25, 0.3) is 0 Å². The number of hydrogen-bond acceptors (Lipinski definition) is 3. The summed E-state index contributed by atoms with van der Waals surface area (Å²) in [5, 5.41) is 3.03. The number of nitrogens with one attached hydrogen (secondary N) is 1. The van der Waals surface area contributed by atoms with E-state index in [9.17, 15) is 9.59 Å². The number of rotatable bonds is 5. The molecule has 24 heavy (non-hydrogen) atoms. The lowest BCUT2D eigenvalue weighted by atomic mass is 10.0. The Hall–Kier alpha value is -1.88. The zero-order valence-electron chi connectivity index (χ0n) is 14.2. The number of hydrogen-bond donors (Lipinski definition) is 1. The van der Waals surface area contributed by atoms with Gasteiger partial charge in [0.2, 0.25) is 11.8 Å². The molecule has 1 saturated carbocycles. The van der Waals surface area contributed by atoms with Gasteiger partial charge >= 0.3 is 0 Å². The minimum Gasteiger partial charge on any atom is -0.353 e. The van der Waals surface area contributed by atoms with Crippen LogP contribution in [0.5, 0.6) is 0 Å². The van der Waals surface area contributed by atoms with Gasteiger partial charge in [0.15, 0.2) is 0 Å². The molecule has 2 saturated heterocycles. The van der Waals surface area contributed by atoms with Crippen molar-refractivity contribution in [3.05, 3.63) is 35.4 Å². The fraction of sp³-hybridized carbons (Fsp3) is 0.579. The zero-order chi connectivity index (χ0) is 16.7. The van der Waals surface area contributed by atoms with E-state index in [-0.39, 0.29) is 23.8 Å². The number of nitrogens with zero attached hydrogens (tertiary/aromatic N) is 2. The van der Waals surface area contributed by atoms with Gasteiger partial charge < -0.3 is 10.2 Å². The lowest BCUT2D eigenvalue weighted by molar-refractivity contribution is -0.133. The zero-order valence-corrected chi connectivity index (χ0v) is 14.2. The Kier molecular flexibility index (Phi) is 4.04. The average molecular weight is 327 g/mol. The topological polar surface area (TPSA) is 52.6 Å². The first-order valence-corrected chi connectivity index (χ1v) is 8.96. The number of amides is 2. The molecular weight excluding hydrogens is 302 g/mol. The molecule has 128 valence electrons. The van der Waals surface area contributed by atoms with E-state index in [0.717, 1.165) is 32.5 Å². The molecule has 1 aromatic carbocycles. The molecule has 0 aromatic heterocycles. The smallest absolute Gasteiger partial charge is 0.225 e. The summed E-state index contributed by atoms with van der Waals surface area (Å²) in [4.78, 5) is 28.7. The Balaban J connectivity index is 1.27. The third kappa shape index (κ3) is 3.31. The molecule has 4 rings (SSSR count). The summed E-state index contributed by atoms with van der Waals surface area (Å²) < 4.78 is 0. The summed E-state index contributed by atoms with van der Waals surface area (Å²) in [5.41, 5.74) is 2.60. The normalized spacial score (nSPS) is 25.0. The van der Waals surface area contributed by atoms with Crippen LogP contribution in [-0.2, 0) is 16.1 Å². The van der Waals surface area contributed by atoms with E-state index in [0.29, 0.717) is 19.0 Å². The quantitative estimate of drug-likeness (QED) is 0.887. The van der Waals surface area contributed by atoms with Crippen molar-refractivity contribution in [3.63, 3.8) is 0 Å². The summed E-state index contributed by atoms with van der Waals surface area (Å²) in [5.74, 6) is 0.0689. The Morgan fingerprint density at radius 3 is 2.75 bits per heavy atom. The van der Waals surface area contributed by atoms with Crippen LogP contribution in [0.25, 0.3) is 0 Å². The van der Waals surface area contributed by atoms with E-state index >= 15 is 0 Å². The highest BCUT2D eigenvalue weighted by atomic mass is 16.2. The van der Waals surface area contributed by atoms with Crippen LogP contribution in [0.1, 0.15) is 30.4 Å². The van der Waals surface area contributed by atoms with Crippen molar-refractivity contribution >= 4 is 11.8 Å². The minimum atomic E-state index is -0.149. The molecule has 2 heterocycles. The van der Waals surface area contributed by atoms with Crippen LogP contribution in [-0.4, -0.2) is 53.3 Å². The highest BCUT2D eigenvalue weighted by molar-refractivity contribution is 5.89. The van der Waals surface area contributed by atoms with Crippen LogP contribution in [0.15, 0.2) is 24.3 Å². The predicted octanol–water partition coefficient (Wildman–Crippen LogP) is 1.31. The van der Waals surface area contributed by atoms with Crippen molar-refractivity contribution in [1.29, 1.82) is 0 Å². The van der Waals surface area contributed by atoms with Gasteiger partial charge in [-0.3, -0.25) is 14.5 Å². The number of benzene rings is 1. The van der Waals surface area contributed by atoms with E-state index in [2.05, 4.69) is 41.4 Å². The SMILES string of the molecule is Cc1cccc(CN2CC(N3CC(C(=O)NC4CC4)CC3=O)C2)c1. The van der Waals surface area contributed by atoms with E-state index in [4.69, 9.17) is 0 Å². The molecule has 1 N–H and O–H groups in total. The fourth-order valence-corrected chi connectivity index (χ4v) is 3.74. The summed E-state index contributed by atoms with van der Waals surface area (Å²) in [6.07, 6.45) is 2.56. The predicted molar refractivity (Wildman–Crippen MR) is 91.2 cm³/mol. The van der Waals surface area contributed by atoms with E-state index in [1.54, 1.807) is 0 Å². The molecular formula is C19H25N3O2. The number of carbonyl (C=O) groups is 2. The molecule has 2 amide bonds. The maximum absolute atomic E-state index is 12.3. The highest BCUT2D eigenvalue weighted by Gasteiger charge is 2.42. The molecule has 3 aliphatic rings. The van der Waals surface area contributed by atoms with Crippen LogP contribution in [0.3, 0.4) is 0 Å². The molecule has 0 spiro atoms. The van der Waals surface area contributed by atoms with Crippen LogP contribution >= 0.6 is 0 Å². The standard InChI is InChI=1S/C19H25N3O2/c1-13-3-2-4-14(7-13)9-21-11-17(12-21)22-10-15(8-18(22)23)19(24)20-16-5-6-16/h2-4,7,15-17H,5-6,8-12H2,1H3,(H,20,24). The van der Waals surface area contributed by atoms with Crippen molar-refractivity contribution in [2.24, 2.45) is 5.92 Å². The van der Waals surface area contributed by atoms with Crippen LogP contribution < -0.4 is 5.32 Å². The Labute approximate surface area is 143 Å². The largest absolute Gasteiger partial charge is 0.353 e. The summed E-state index contributed by atoms with van der Waals surface area (Å²) >= 11 is 0. The third-order valence-corrected chi connectivity index (χ3v) is 5.32. The van der Waals surface area contributed by atoms with Crippen molar-refractivity contribution in [1.82, 2.24) is 15.1 Å². The van der Waals surface area contributed by atoms with Crippen molar-refractivity contribution < 1.29 is 9.59 Å². The first kappa shape index (κ1) is 15.6. The molecule has 1 atom stereocenters. The second-order valence-electron chi connectivity index (χ2n) is 7.57. The second kappa shape index (κ2) is 6.20. The van der Waals surface area contributed by atoms with E-state index in [1.807, 2.05) is 4.90 Å². The van der Waals surface area contributed by atoms with E-state index < -0.39 is 0 Å². The van der Waals surface area contributed by atoms with Gasteiger partial charge in [-0.05, 0) is 25.3 Å². The lowest BCUT2D eigenvalue weighted by Gasteiger charge is -2.44. The molecule has 0 radical (unpaired) electrons. The van der Waals surface area contributed by atoms with Gasteiger partial charge in [-0.1, -0.05) is 29.8 Å². The summed E-state index contributed by atoms with van der Waals surface area (Å²) in [7, 11) is 0. The molecule has 5 heteroatoms. The van der Waals surface area contributed by atoms with Crippen molar-refractivity contribution in [3.8, 4) is 0 Å².